The Morgan fingerprint density at radius 2 is 2.00 bits per heavy atom. The highest BCUT2D eigenvalue weighted by Gasteiger charge is 2.18. The zero-order chi connectivity index (χ0) is 17.9. The third-order valence-electron chi connectivity index (χ3n) is 3.22. The Labute approximate surface area is 164 Å². The molecule has 0 atom stereocenters. The maximum absolute atomic E-state index is 12.4. The van der Waals surface area contributed by atoms with Crippen LogP contribution in [-0.4, -0.2) is 29.9 Å². The van der Waals surface area contributed by atoms with Gasteiger partial charge in [-0.15, -0.1) is 11.3 Å². The summed E-state index contributed by atoms with van der Waals surface area (Å²) >= 11 is 14.7. The molecular formula is C16H12Cl2N2O2S3. The molecule has 0 aliphatic heterocycles. The highest BCUT2D eigenvalue weighted by molar-refractivity contribution is 8.00. The number of hydrogen-bond donors (Lipinski definition) is 0. The molecule has 0 spiro atoms. The van der Waals surface area contributed by atoms with Crippen LogP contribution in [-0.2, 0) is 9.84 Å². The Bertz CT molecular complexity index is 977. The first-order chi connectivity index (χ1) is 12.0. The van der Waals surface area contributed by atoms with Crippen LogP contribution in [0.15, 0.2) is 58.0 Å². The molecule has 9 heteroatoms. The highest BCUT2D eigenvalue weighted by Crippen LogP contribution is 2.27. The van der Waals surface area contributed by atoms with Gasteiger partial charge in [0.1, 0.15) is 0 Å². The molecule has 1 aromatic carbocycles. The largest absolute Gasteiger partial charge is 0.231 e. The van der Waals surface area contributed by atoms with E-state index in [1.54, 1.807) is 17.5 Å². The summed E-state index contributed by atoms with van der Waals surface area (Å²) in [5.74, 6) is 0.265. The second-order valence-electron chi connectivity index (χ2n) is 4.94. The summed E-state index contributed by atoms with van der Waals surface area (Å²) in [7, 11) is -3.50. The van der Waals surface area contributed by atoms with E-state index in [9.17, 15) is 8.42 Å². The predicted molar refractivity (Wildman–Crippen MR) is 105 cm³/mol. The first-order valence-corrected chi connectivity index (χ1v) is 11.4. The zero-order valence-electron chi connectivity index (χ0n) is 12.7. The first kappa shape index (κ1) is 18.7. The molecule has 3 aromatic rings. The minimum absolute atomic E-state index is 0.0639. The molecule has 0 aliphatic rings. The van der Waals surface area contributed by atoms with E-state index in [-0.39, 0.29) is 15.7 Å². The van der Waals surface area contributed by atoms with E-state index in [1.807, 2.05) is 23.6 Å². The zero-order valence-corrected chi connectivity index (χ0v) is 16.7. The Kier molecular flexibility index (Phi) is 6.01. The molecule has 2 heterocycles. The van der Waals surface area contributed by atoms with Gasteiger partial charge >= 0.3 is 0 Å². The molecule has 0 bridgehead atoms. The van der Waals surface area contributed by atoms with Gasteiger partial charge in [0.25, 0.3) is 0 Å². The third-order valence-corrected chi connectivity index (χ3v) is 7.66. The highest BCUT2D eigenvalue weighted by atomic mass is 35.5. The van der Waals surface area contributed by atoms with Gasteiger partial charge in [-0.3, -0.25) is 0 Å². The molecule has 2 aromatic heterocycles. The van der Waals surface area contributed by atoms with Crippen molar-refractivity contribution in [3.8, 4) is 10.6 Å². The second kappa shape index (κ2) is 8.05. The molecule has 0 fully saturated rings. The lowest BCUT2D eigenvalue weighted by atomic mass is 10.3. The number of aromatic nitrogens is 2. The summed E-state index contributed by atoms with van der Waals surface area (Å²) in [6.45, 7) is 0. The predicted octanol–water partition coefficient (Wildman–Crippen LogP) is 5.08. The number of thioether (sulfide) groups is 1. The lowest BCUT2D eigenvalue weighted by Crippen LogP contribution is -2.09. The van der Waals surface area contributed by atoms with Gasteiger partial charge in [-0.05, 0) is 35.7 Å². The Morgan fingerprint density at radius 1 is 1.16 bits per heavy atom. The van der Waals surface area contributed by atoms with Gasteiger partial charge in [0.2, 0.25) is 0 Å². The normalized spacial score (nSPS) is 11.6. The van der Waals surface area contributed by atoms with Crippen molar-refractivity contribution < 1.29 is 8.42 Å². The molecule has 0 aliphatic carbocycles. The van der Waals surface area contributed by atoms with E-state index in [2.05, 4.69) is 9.97 Å². The van der Waals surface area contributed by atoms with Gasteiger partial charge < -0.3 is 0 Å². The van der Waals surface area contributed by atoms with Crippen molar-refractivity contribution in [3.63, 3.8) is 0 Å². The van der Waals surface area contributed by atoms with E-state index in [1.165, 1.54) is 30.0 Å². The summed E-state index contributed by atoms with van der Waals surface area (Å²) in [6, 6.07) is 10.1. The smallest absolute Gasteiger partial charge is 0.188 e. The van der Waals surface area contributed by atoms with Crippen molar-refractivity contribution in [3.05, 3.63) is 58.0 Å². The average Bonchev–Trinajstić information content (AvgIpc) is 3.09. The molecular weight excluding hydrogens is 419 g/mol. The number of sulfone groups is 1. The van der Waals surface area contributed by atoms with E-state index < -0.39 is 9.84 Å². The Morgan fingerprint density at radius 3 is 2.72 bits per heavy atom. The minimum atomic E-state index is -3.50. The molecule has 0 radical (unpaired) electrons. The summed E-state index contributed by atoms with van der Waals surface area (Å²) in [5.41, 5.74) is 0.830. The van der Waals surface area contributed by atoms with Crippen molar-refractivity contribution in [2.24, 2.45) is 0 Å². The topological polar surface area (TPSA) is 59.9 Å². The van der Waals surface area contributed by atoms with E-state index in [0.29, 0.717) is 15.9 Å². The summed E-state index contributed by atoms with van der Waals surface area (Å²) in [5, 5.41) is 3.06. The van der Waals surface area contributed by atoms with Gasteiger partial charge in [0.05, 0.1) is 26.2 Å². The molecule has 0 unspecified atom stereocenters. The SMILES string of the molecule is O=S(=O)(CCSc1nccc(-c2cccs2)n1)c1ccc(Cl)cc1Cl. The average molecular weight is 431 g/mol. The fraction of sp³-hybridized carbons (Fsp3) is 0.125. The molecule has 4 nitrogen and oxygen atoms in total. The third kappa shape index (κ3) is 4.74. The van der Waals surface area contributed by atoms with Crippen LogP contribution in [0.25, 0.3) is 10.6 Å². The molecule has 25 heavy (non-hydrogen) atoms. The molecule has 0 N–H and O–H groups in total. The fourth-order valence-corrected chi connectivity index (χ4v) is 6.05. The van der Waals surface area contributed by atoms with Crippen molar-refractivity contribution in [1.29, 1.82) is 0 Å². The first-order valence-electron chi connectivity index (χ1n) is 7.13. The lowest BCUT2D eigenvalue weighted by Gasteiger charge is -2.07. The summed E-state index contributed by atoms with van der Waals surface area (Å²) in [4.78, 5) is 9.79. The monoisotopic (exact) mass is 430 g/mol. The van der Waals surface area contributed by atoms with Gasteiger partial charge in [0, 0.05) is 17.0 Å². The van der Waals surface area contributed by atoms with Gasteiger partial charge in [-0.1, -0.05) is 41.0 Å². The van der Waals surface area contributed by atoms with Crippen LogP contribution in [0.4, 0.5) is 0 Å². The van der Waals surface area contributed by atoms with Crippen LogP contribution in [0, 0.1) is 0 Å². The van der Waals surface area contributed by atoms with Crippen molar-refractivity contribution in [2.75, 3.05) is 11.5 Å². The summed E-state index contributed by atoms with van der Waals surface area (Å²) < 4.78 is 24.9. The molecule has 130 valence electrons. The Balaban J connectivity index is 1.67. The van der Waals surface area contributed by atoms with Crippen molar-refractivity contribution >= 4 is 56.1 Å². The number of thiophene rings is 1. The van der Waals surface area contributed by atoms with Gasteiger partial charge in [-0.25, -0.2) is 18.4 Å². The second-order valence-corrected chi connectivity index (χ2v) is 9.87. The van der Waals surface area contributed by atoms with Gasteiger partial charge in [0.15, 0.2) is 15.0 Å². The van der Waals surface area contributed by atoms with E-state index in [4.69, 9.17) is 23.2 Å². The quantitative estimate of drug-likeness (QED) is 0.403. The van der Waals surface area contributed by atoms with Crippen LogP contribution < -0.4 is 0 Å². The number of halogens is 2. The van der Waals surface area contributed by atoms with Crippen molar-refractivity contribution in [2.45, 2.75) is 10.1 Å². The minimum Gasteiger partial charge on any atom is -0.231 e. The standard InChI is InChI=1S/C16H12Cl2N2O2S3/c17-11-3-4-15(12(18)10-11)25(21,22)9-8-24-16-19-6-5-13(20-16)14-2-1-7-23-14/h1-7,10H,8-9H2. The number of benzene rings is 1. The summed E-state index contributed by atoms with van der Waals surface area (Å²) in [6.07, 6.45) is 1.68. The fourth-order valence-electron chi connectivity index (χ4n) is 2.05. The van der Waals surface area contributed by atoms with Crippen LogP contribution in [0.2, 0.25) is 10.0 Å². The van der Waals surface area contributed by atoms with Crippen LogP contribution >= 0.6 is 46.3 Å². The number of hydrogen-bond acceptors (Lipinski definition) is 6. The van der Waals surface area contributed by atoms with Crippen LogP contribution in [0.1, 0.15) is 0 Å². The lowest BCUT2D eigenvalue weighted by molar-refractivity contribution is 0.597. The van der Waals surface area contributed by atoms with E-state index >= 15 is 0 Å². The van der Waals surface area contributed by atoms with Crippen LogP contribution in [0.5, 0.6) is 0 Å². The molecule has 0 amide bonds. The number of nitrogens with zero attached hydrogens (tertiary/aromatic N) is 2. The molecule has 3 rings (SSSR count). The van der Waals surface area contributed by atoms with Gasteiger partial charge in [-0.2, -0.15) is 0 Å². The maximum Gasteiger partial charge on any atom is 0.188 e. The maximum atomic E-state index is 12.4. The molecule has 0 saturated heterocycles. The Hall–Kier alpha value is -1.12. The molecule has 0 saturated carbocycles. The van der Waals surface area contributed by atoms with Crippen LogP contribution in [0.3, 0.4) is 0 Å². The van der Waals surface area contributed by atoms with E-state index in [0.717, 1.165) is 10.6 Å². The van der Waals surface area contributed by atoms with Crippen molar-refractivity contribution in [1.82, 2.24) is 9.97 Å². The number of rotatable bonds is 6.